The van der Waals surface area contributed by atoms with E-state index in [1.54, 1.807) is 51.1 Å². The van der Waals surface area contributed by atoms with Crippen LogP contribution < -0.4 is 0 Å². The Labute approximate surface area is 201 Å². The maximum absolute atomic E-state index is 13.2. The molecule has 0 aromatic heterocycles. The number of hydrogen-bond acceptors (Lipinski definition) is 6. The van der Waals surface area contributed by atoms with E-state index in [0.717, 1.165) is 9.87 Å². The van der Waals surface area contributed by atoms with Gasteiger partial charge in [-0.15, -0.1) is 0 Å². The van der Waals surface area contributed by atoms with Crippen molar-refractivity contribution in [2.75, 3.05) is 20.1 Å². The third-order valence-electron chi connectivity index (χ3n) is 4.73. The number of amides is 1. The van der Waals surface area contributed by atoms with E-state index in [9.17, 15) is 17.4 Å². The van der Waals surface area contributed by atoms with E-state index in [4.69, 9.17) is 16.3 Å². The molecule has 1 heterocycles. The predicted octanol–water partition coefficient (Wildman–Crippen LogP) is 4.18. The van der Waals surface area contributed by atoms with Crippen LogP contribution in [0.5, 0.6) is 0 Å². The quantitative estimate of drug-likeness (QED) is 0.555. The lowest BCUT2D eigenvalue weighted by Crippen LogP contribution is -2.41. The van der Waals surface area contributed by atoms with Gasteiger partial charge in [0.2, 0.25) is 10.0 Å². The highest BCUT2D eigenvalue weighted by atomic mass is 35.5. The van der Waals surface area contributed by atoms with Gasteiger partial charge in [0.25, 0.3) is 0 Å². The van der Waals surface area contributed by atoms with E-state index in [0.29, 0.717) is 10.7 Å². The molecule has 11 heteroatoms. The zero-order valence-corrected chi connectivity index (χ0v) is 21.2. The number of hydrogen-bond donors (Lipinski definition) is 0. The van der Waals surface area contributed by atoms with E-state index < -0.39 is 32.5 Å². The molecule has 0 aliphatic carbocycles. The van der Waals surface area contributed by atoms with Gasteiger partial charge in [0.15, 0.2) is 0 Å². The van der Waals surface area contributed by atoms with Crippen LogP contribution in [0, 0.1) is 0 Å². The highest BCUT2D eigenvalue weighted by molar-refractivity contribution is 7.99. The number of sulfonamides is 1. The fourth-order valence-corrected chi connectivity index (χ4v) is 6.07. The Morgan fingerprint density at radius 3 is 2.52 bits per heavy atom. The van der Waals surface area contributed by atoms with Gasteiger partial charge in [0.1, 0.15) is 10.5 Å². The number of fused-ring (bicyclic) bond motifs is 1. The summed E-state index contributed by atoms with van der Waals surface area (Å²) >= 11 is 6.07. The first kappa shape index (κ1) is 25.4. The van der Waals surface area contributed by atoms with Crippen molar-refractivity contribution >= 4 is 49.8 Å². The summed E-state index contributed by atoms with van der Waals surface area (Å²) in [5, 5.41) is 0.532. The molecule has 2 aromatic carbocycles. The molecule has 1 unspecified atom stereocenters. The lowest BCUT2D eigenvalue weighted by molar-refractivity contribution is 0.0228. The molecule has 33 heavy (non-hydrogen) atoms. The normalized spacial score (nSPS) is 15.5. The molecule has 0 saturated carbocycles. The average Bonchev–Trinajstić information content (AvgIpc) is 3.10. The maximum Gasteiger partial charge on any atom is 0.410 e. The monoisotopic (exact) mass is 511 g/mol. The minimum atomic E-state index is -3.97. The zero-order chi connectivity index (χ0) is 24.4. The number of likely N-dealkylation sites (N-methyl/N-ethyl adjacent to an activating group) is 1. The van der Waals surface area contributed by atoms with Crippen LogP contribution in [0.1, 0.15) is 26.3 Å². The molecule has 3 rings (SSSR count). The van der Waals surface area contributed by atoms with Gasteiger partial charge in [-0.3, -0.25) is 0 Å². The van der Waals surface area contributed by atoms with Gasteiger partial charge in [-0.1, -0.05) is 29.8 Å². The van der Waals surface area contributed by atoms with Crippen LogP contribution in [0.2, 0.25) is 5.02 Å². The number of rotatable bonds is 7. The van der Waals surface area contributed by atoms with Crippen molar-refractivity contribution in [2.24, 2.45) is 4.99 Å². The minimum absolute atomic E-state index is 0.000693. The number of nitrogens with zero attached hydrogens (tertiary/aromatic N) is 3. The van der Waals surface area contributed by atoms with Gasteiger partial charge in [0.05, 0.1) is 26.9 Å². The number of aliphatic imine (C=N–C) groups is 1. The van der Waals surface area contributed by atoms with Gasteiger partial charge in [-0.2, -0.15) is 4.31 Å². The number of ether oxygens (including phenoxy) is 1. The van der Waals surface area contributed by atoms with Crippen LogP contribution >= 0.6 is 11.6 Å². The van der Waals surface area contributed by atoms with Crippen LogP contribution in [0.25, 0.3) is 0 Å². The van der Waals surface area contributed by atoms with Gasteiger partial charge in [0, 0.05) is 31.7 Å². The zero-order valence-electron chi connectivity index (χ0n) is 18.8. The molecule has 1 aliphatic rings. The van der Waals surface area contributed by atoms with E-state index in [1.165, 1.54) is 23.6 Å². The standard InChI is InChI=1S/C22H26ClN3O5S2/c1-22(2,3)31-21(27)26(14-16-7-5-8-17(23)13-16)12-11-25(4)33(29,30)19-10-6-9-18-20(19)32(28)15-24-18/h5-10,13,15H,11-12,14H2,1-4H3. The summed E-state index contributed by atoms with van der Waals surface area (Å²) in [6.07, 6.45) is -0.566. The summed E-state index contributed by atoms with van der Waals surface area (Å²) < 4.78 is 45.4. The molecule has 178 valence electrons. The Hall–Kier alpha value is -2.27. The van der Waals surface area contributed by atoms with E-state index in [-0.39, 0.29) is 29.4 Å². The molecule has 0 bridgehead atoms. The highest BCUT2D eigenvalue weighted by Gasteiger charge is 2.31. The third kappa shape index (κ3) is 6.20. The molecule has 0 N–H and O–H groups in total. The molecule has 1 aliphatic heterocycles. The summed E-state index contributed by atoms with van der Waals surface area (Å²) in [4.78, 5) is 18.4. The van der Waals surface area contributed by atoms with E-state index >= 15 is 0 Å². The van der Waals surface area contributed by atoms with Crippen molar-refractivity contribution in [3.05, 3.63) is 53.1 Å². The Morgan fingerprint density at radius 2 is 1.85 bits per heavy atom. The van der Waals surface area contributed by atoms with Crippen LogP contribution in [0.3, 0.4) is 0 Å². The minimum Gasteiger partial charge on any atom is -0.444 e. The molecule has 2 aromatic rings. The number of carbonyl (C=O) groups is 1. The molecular formula is C22H26ClN3O5S2. The first-order chi connectivity index (χ1) is 15.4. The Balaban J connectivity index is 1.80. The van der Waals surface area contributed by atoms with Crippen molar-refractivity contribution < 1.29 is 22.2 Å². The lowest BCUT2D eigenvalue weighted by atomic mass is 10.2. The van der Waals surface area contributed by atoms with Crippen molar-refractivity contribution in [1.29, 1.82) is 0 Å². The molecule has 0 spiro atoms. The number of carbonyl (C=O) groups excluding carboxylic acids is 1. The fraction of sp³-hybridized carbons (Fsp3) is 0.364. The van der Waals surface area contributed by atoms with E-state index in [1.807, 2.05) is 6.07 Å². The third-order valence-corrected chi connectivity index (χ3v) is 8.13. The predicted molar refractivity (Wildman–Crippen MR) is 129 cm³/mol. The summed E-state index contributed by atoms with van der Waals surface area (Å²) in [7, 11) is -4.18. The molecule has 1 amide bonds. The summed E-state index contributed by atoms with van der Waals surface area (Å²) in [5.74, 6) is 0. The first-order valence-electron chi connectivity index (χ1n) is 10.1. The lowest BCUT2D eigenvalue weighted by Gasteiger charge is -2.29. The van der Waals surface area contributed by atoms with Gasteiger partial charge < -0.3 is 9.64 Å². The molecule has 1 atom stereocenters. The second-order valence-corrected chi connectivity index (χ2v) is 12.2. The number of benzene rings is 2. The number of halogens is 1. The molecular weight excluding hydrogens is 486 g/mol. The van der Waals surface area contributed by atoms with Crippen molar-refractivity contribution in [2.45, 2.75) is 42.7 Å². The highest BCUT2D eigenvalue weighted by Crippen LogP contribution is 2.34. The molecule has 8 nitrogen and oxygen atoms in total. The molecule has 0 radical (unpaired) electrons. The molecule has 0 fully saturated rings. The Morgan fingerprint density at radius 1 is 1.15 bits per heavy atom. The molecule has 0 saturated heterocycles. The van der Waals surface area contributed by atoms with Crippen LogP contribution in [-0.2, 0) is 32.1 Å². The van der Waals surface area contributed by atoms with E-state index in [2.05, 4.69) is 4.99 Å². The average molecular weight is 512 g/mol. The largest absolute Gasteiger partial charge is 0.444 e. The summed E-state index contributed by atoms with van der Waals surface area (Å²) in [6, 6.07) is 11.7. The van der Waals surface area contributed by atoms with Crippen LogP contribution in [-0.4, -0.2) is 59.2 Å². The SMILES string of the molecule is CN(CCN(Cc1cccc(Cl)c1)C(=O)OC(C)(C)C)S(=O)(=O)c1cccc2c1S(=O)C=N2. The van der Waals surface area contributed by atoms with Gasteiger partial charge in [-0.25, -0.2) is 22.4 Å². The van der Waals surface area contributed by atoms with Crippen LogP contribution in [0.4, 0.5) is 10.5 Å². The smallest absolute Gasteiger partial charge is 0.410 e. The second-order valence-electron chi connectivity index (χ2n) is 8.49. The van der Waals surface area contributed by atoms with Gasteiger partial charge in [-0.05, 0) is 50.6 Å². The summed E-state index contributed by atoms with van der Waals surface area (Å²) in [5.41, 5.74) is 1.67. The Bertz CT molecular complexity index is 1210. The first-order valence-corrected chi connectivity index (χ1v) is 13.2. The second kappa shape index (κ2) is 9.92. The van der Waals surface area contributed by atoms with Crippen molar-refractivity contribution in [3.8, 4) is 0 Å². The van der Waals surface area contributed by atoms with Gasteiger partial charge >= 0.3 is 6.09 Å². The van der Waals surface area contributed by atoms with Crippen molar-refractivity contribution in [1.82, 2.24) is 9.21 Å². The maximum atomic E-state index is 13.2. The Kier molecular flexibility index (Phi) is 7.62. The fourth-order valence-electron chi connectivity index (χ4n) is 3.14. The topological polar surface area (TPSA) is 96.4 Å². The van der Waals surface area contributed by atoms with Crippen molar-refractivity contribution in [3.63, 3.8) is 0 Å². The summed E-state index contributed by atoms with van der Waals surface area (Å²) in [6.45, 7) is 5.55. The van der Waals surface area contributed by atoms with Crippen LogP contribution in [0.15, 0.2) is 57.2 Å².